The van der Waals surface area contributed by atoms with Gasteiger partial charge in [-0.2, -0.15) is 11.8 Å². The van der Waals surface area contributed by atoms with Gasteiger partial charge in [-0.25, -0.2) is 4.79 Å². The van der Waals surface area contributed by atoms with Gasteiger partial charge in [-0.05, 0) is 71.1 Å². The predicted molar refractivity (Wildman–Crippen MR) is 130 cm³/mol. The van der Waals surface area contributed by atoms with E-state index in [1.807, 2.05) is 44.4 Å². The number of nitrogens with one attached hydrogen (secondary N) is 3. The van der Waals surface area contributed by atoms with Gasteiger partial charge in [0.15, 0.2) is 0 Å². The number of rotatable bonds is 14. The number of amides is 3. The minimum Gasteiger partial charge on any atom is -0.480 e. The highest BCUT2D eigenvalue weighted by Gasteiger charge is 2.29. The summed E-state index contributed by atoms with van der Waals surface area (Å²) in [5.74, 6) is -1.43. The van der Waals surface area contributed by atoms with Gasteiger partial charge in [0.05, 0.1) is 0 Å². The Bertz CT molecular complexity index is 745. The Labute approximate surface area is 200 Å². The fourth-order valence-electron chi connectivity index (χ4n) is 2.91. The van der Waals surface area contributed by atoms with Gasteiger partial charge < -0.3 is 21.1 Å². The van der Waals surface area contributed by atoms with Crippen molar-refractivity contribution in [2.75, 3.05) is 12.0 Å². The zero-order chi connectivity index (χ0) is 23.4. The zero-order valence-electron chi connectivity index (χ0n) is 17.9. The highest BCUT2D eigenvalue weighted by molar-refractivity contribution is 14.1. The highest BCUT2D eigenvalue weighted by atomic mass is 127. The third-order valence-corrected chi connectivity index (χ3v) is 5.87. The quantitative estimate of drug-likeness (QED) is 0.202. The van der Waals surface area contributed by atoms with Crippen molar-refractivity contribution in [2.24, 2.45) is 5.92 Å². The molecule has 1 aromatic carbocycles. The van der Waals surface area contributed by atoms with Crippen molar-refractivity contribution in [1.29, 1.82) is 0 Å². The van der Waals surface area contributed by atoms with Crippen LogP contribution in [0.2, 0.25) is 0 Å². The molecule has 0 bridgehead atoms. The number of hydrogen-bond donors (Lipinski definition) is 4. The predicted octanol–water partition coefficient (Wildman–Crippen LogP) is 1.80. The first-order valence-corrected chi connectivity index (χ1v) is 12.4. The maximum atomic E-state index is 12.9. The van der Waals surface area contributed by atoms with Gasteiger partial charge in [0.2, 0.25) is 18.2 Å². The first-order valence-electron chi connectivity index (χ1n) is 9.94. The van der Waals surface area contributed by atoms with Crippen LogP contribution in [0.3, 0.4) is 0 Å². The fraction of sp³-hybridized carbons (Fsp3) is 0.524. The average molecular weight is 563 g/mol. The van der Waals surface area contributed by atoms with Gasteiger partial charge in [0.1, 0.15) is 18.1 Å². The minimum absolute atomic E-state index is 0.0826. The van der Waals surface area contributed by atoms with Crippen molar-refractivity contribution < 1.29 is 24.3 Å². The Kier molecular flexibility index (Phi) is 12.5. The second kappa shape index (κ2) is 14.3. The highest BCUT2D eigenvalue weighted by Crippen LogP contribution is 2.11. The Morgan fingerprint density at radius 1 is 1.06 bits per heavy atom. The SMILES string of the molecule is CSCC[C@@H](NC=O)C(=O)N[C@@H](CC(C)C)C(=O)N[C@@H](Cc1ccc(I)cc1)C(=O)O. The normalized spacial score (nSPS) is 13.7. The van der Waals surface area contributed by atoms with Gasteiger partial charge in [0, 0.05) is 9.99 Å². The van der Waals surface area contributed by atoms with E-state index in [-0.39, 0.29) is 12.3 Å². The van der Waals surface area contributed by atoms with Crippen molar-refractivity contribution in [3.8, 4) is 0 Å². The summed E-state index contributed by atoms with van der Waals surface area (Å²) < 4.78 is 1.02. The van der Waals surface area contributed by atoms with Crippen LogP contribution in [0, 0.1) is 9.49 Å². The molecule has 31 heavy (non-hydrogen) atoms. The van der Waals surface area contributed by atoms with E-state index in [0.717, 1.165) is 9.13 Å². The summed E-state index contributed by atoms with van der Waals surface area (Å²) >= 11 is 3.70. The van der Waals surface area contributed by atoms with E-state index in [1.165, 1.54) is 0 Å². The summed E-state index contributed by atoms with van der Waals surface area (Å²) in [4.78, 5) is 48.1. The summed E-state index contributed by atoms with van der Waals surface area (Å²) in [6.45, 7) is 3.81. The molecule has 0 radical (unpaired) electrons. The zero-order valence-corrected chi connectivity index (χ0v) is 20.9. The van der Waals surface area contributed by atoms with Gasteiger partial charge in [-0.1, -0.05) is 26.0 Å². The van der Waals surface area contributed by atoms with E-state index in [4.69, 9.17) is 0 Å². The Morgan fingerprint density at radius 3 is 2.16 bits per heavy atom. The molecule has 172 valence electrons. The number of halogens is 1. The summed E-state index contributed by atoms with van der Waals surface area (Å²) in [5.41, 5.74) is 0.782. The molecule has 10 heteroatoms. The van der Waals surface area contributed by atoms with Crippen LogP contribution >= 0.6 is 34.4 Å². The largest absolute Gasteiger partial charge is 0.480 e. The van der Waals surface area contributed by atoms with E-state index in [2.05, 4.69) is 38.5 Å². The summed E-state index contributed by atoms with van der Waals surface area (Å²) in [5, 5.41) is 17.3. The molecule has 0 aromatic heterocycles. The number of carbonyl (C=O) groups excluding carboxylic acids is 3. The third kappa shape index (κ3) is 10.4. The first kappa shape index (κ1) is 27.2. The van der Waals surface area contributed by atoms with E-state index >= 15 is 0 Å². The molecule has 1 aromatic rings. The minimum atomic E-state index is -1.15. The third-order valence-electron chi connectivity index (χ3n) is 4.50. The molecule has 0 unspecified atom stereocenters. The van der Waals surface area contributed by atoms with Gasteiger partial charge >= 0.3 is 5.97 Å². The van der Waals surface area contributed by atoms with Crippen molar-refractivity contribution in [3.63, 3.8) is 0 Å². The second-order valence-corrected chi connectivity index (χ2v) is 9.77. The van der Waals surface area contributed by atoms with Crippen LogP contribution in [0.4, 0.5) is 0 Å². The number of carbonyl (C=O) groups is 4. The summed E-state index contributed by atoms with van der Waals surface area (Å²) in [7, 11) is 0. The molecular formula is C21H30IN3O5S. The van der Waals surface area contributed by atoms with Crippen LogP contribution in [0.1, 0.15) is 32.3 Å². The molecule has 0 fully saturated rings. The lowest BCUT2D eigenvalue weighted by molar-refractivity contribution is -0.142. The topological polar surface area (TPSA) is 125 Å². The molecule has 0 aliphatic rings. The number of benzene rings is 1. The van der Waals surface area contributed by atoms with Gasteiger partial charge in [-0.15, -0.1) is 0 Å². The molecule has 0 saturated heterocycles. The maximum Gasteiger partial charge on any atom is 0.326 e. The fourth-order valence-corrected chi connectivity index (χ4v) is 3.74. The molecule has 0 heterocycles. The number of carboxylic acid groups (broad SMARTS) is 1. The van der Waals surface area contributed by atoms with Crippen LogP contribution in [-0.2, 0) is 25.6 Å². The molecule has 0 aliphatic carbocycles. The Morgan fingerprint density at radius 2 is 1.65 bits per heavy atom. The standard InChI is InChI=1S/C21H30IN3O5S/c1-13(2)10-17(24-19(27)16(23-12-26)8-9-31-3)20(28)25-18(21(29)30)11-14-4-6-15(22)7-5-14/h4-7,12-13,16-18H,8-11H2,1-3H3,(H,23,26)(H,24,27)(H,25,28)(H,29,30)/t16-,17+,18+/m1/s1. The molecule has 1 rings (SSSR count). The lowest BCUT2D eigenvalue weighted by Gasteiger charge is -2.25. The number of thioether (sulfide) groups is 1. The van der Waals surface area contributed by atoms with Crippen LogP contribution in [0.15, 0.2) is 24.3 Å². The second-order valence-electron chi connectivity index (χ2n) is 7.54. The molecule has 3 amide bonds. The maximum absolute atomic E-state index is 12.9. The van der Waals surface area contributed by atoms with Gasteiger partial charge in [-0.3, -0.25) is 14.4 Å². The summed E-state index contributed by atoms with van der Waals surface area (Å²) in [6.07, 6.45) is 3.24. The molecule has 0 aliphatic heterocycles. The number of aliphatic carboxylic acids is 1. The molecule has 8 nitrogen and oxygen atoms in total. The van der Waals surface area contributed by atoms with Crippen LogP contribution in [0.5, 0.6) is 0 Å². The van der Waals surface area contributed by atoms with E-state index in [9.17, 15) is 24.3 Å². The Balaban J connectivity index is 2.90. The lowest BCUT2D eigenvalue weighted by atomic mass is 10.0. The molecule has 4 N–H and O–H groups in total. The first-order chi connectivity index (χ1) is 14.7. The smallest absolute Gasteiger partial charge is 0.326 e. The van der Waals surface area contributed by atoms with Crippen LogP contribution in [-0.4, -0.2) is 59.4 Å². The Hall–Kier alpha value is -1.82. The van der Waals surface area contributed by atoms with Crippen LogP contribution < -0.4 is 16.0 Å². The van der Waals surface area contributed by atoms with Gasteiger partial charge in [0.25, 0.3) is 0 Å². The van der Waals surface area contributed by atoms with Crippen LogP contribution in [0.25, 0.3) is 0 Å². The number of carboxylic acids is 1. The van der Waals surface area contributed by atoms with E-state index in [1.54, 1.807) is 11.8 Å². The molecule has 0 saturated carbocycles. The number of hydrogen-bond acceptors (Lipinski definition) is 5. The van der Waals surface area contributed by atoms with E-state index < -0.39 is 35.9 Å². The monoisotopic (exact) mass is 563 g/mol. The lowest BCUT2D eigenvalue weighted by Crippen LogP contribution is -2.55. The van der Waals surface area contributed by atoms with Crippen molar-refractivity contribution >= 4 is 58.5 Å². The summed E-state index contributed by atoms with van der Waals surface area (Å²) in [6, 6.07) is 4.59. The van der Waals surface area contributed by atoms with E-state index in [0.29, 0.717) is 25.0 Å². The molecule has 0 spiro atoms. The average Bonchev–Trinajstić information content (AvgIpc) is 2.71. The van der Waals surface area contributed by atoms with Crippen molar-refractivity contribution in [2.45, 2.75) is 51.2 Å². The van der Waals surface area contributed by atoms with Crippen molar-refractivity contribution in [1.82, 2.24) is 16.0 Å². The molecule has 3 atom stereocenters. The molecular weight excluding hydrogens is 533 g/mol. The van der Waals surface area contributed by atoms with Crippen molar-refractivity contribution in [3.05, 3.63) is 33.4 Å².